The van der Waals surface area contributed by atoms with Gasteiger partial charge in [-0.3, -0.25) is 4.79 Å². The van der Waals surface area contributed by atoms with Gasteiger partial charge in [-0.2, -0.15) is 0 Å². The van der Waals surface area contributed by atoms with Gasteiger partial charge >= 0.3 is 11.9 Å². The van der Waals surface area contributed by atoms with E-state index in [0.717, 1.165) is 10.9 Å². The van der Waals surface area contributed by atoms with Gasteiger partial charge in [-0.1, -0.05) is 42.5 Å². The van der Waals surface area contributed by atoms with Gasteiger partial charge in [0.05, 0.1) is 19.1 Å². The second-order valence-corrected chi connectivity index (χ2v) is 4.24. The molecular weight excluding hydrogens is 256 g/mol. The molecule has 0 bridgehead atoms. The Kier molecular flexibility index (Phi) is 4.15. The molecule has 0 atom stereocenters. The highest BCUT2D eigenvalue weighted by Crippen LogP contribution is 2.23. The molecule has 0 aliphatic carbocycles. The van der Waals surface area contributed by atoms with E-state index in [1.807, 2.05) is 12.1 Å². The molecule has 0 spiro atoms. The predicted octanol–water partition coefficient (Wildman–Crippen LogP) is 3.11. The van der Waals surface area contributed by atoms with Crippen LogP contribution in [0.4, 0.5) is 0 Å². The summed E-state index contributed by atoms with van der Waals surface area (Å²) in [4.78, 5) is 22.2. The molecule has 0 saturated carbocycles. The van der Waals surface area contributed by atoms with Gasteiger partial charge in [0.1, 0.15) is 0 Å². The number of esters is 1. The van der Waals surface area contributed by atoms with Crippen molar-refractivity contribution in [2.45, 2.75) is 6.42 Å². The molecule has 4 nitrogen and oxygen atoms in total. The van der Waals surface area contributed by atoms with E-state index in [-0.39, 0.29) is 18.0 Å². The average Bonchev–Trinajstić information content (AvgIpc) is 2.46. The van der Waals surface area contributed by atoms with E-state index >= 15 is 0 Å². The molecule has 0 saturated heterocycles. The number of fused-ring (bicyclic) bond motifs is 1. The monoisotopic (exact) mass is 270 g/mol. The largest absolute Gasteiger partial charge is 0.478 e. The smallest absolute Gasteiger partial charge is 0.336 e. The lowest BCUT2D eigenvalue weighted by molar-refractivity contribution is -0.139. The summed E-state index contributed by atoms with van der Waals surface area (Å²) in [7, 11) is 1.34. The van der Waals surface area contributed by atoms with Gasteiger partial charge in [-0.05, 0) is 22.4 Å². The zero-order chi connectivity index (χ0) is 14.5. The quantitative estimate of drug-likeness (QED) is 0.867. The summed E-state index contributed by atoms with van der Waals surface area (Å²) < 4.78 is 4.56. The fraction of sp³-hybridized carbons (Fsp3) is 0.125. The second-order valence-electron chi connectivity index (χ2n) is 4.24. The molecule has 2 aromatic carbocycles. The van der Waals surface area contributed by atoms with E-state index in [9.17, 15) is 14.7 Å². The van der Waals surface area contributed by atoms with Crippen LogP contribution in [0.5, 0.6) is 0 Å². The Morgan fingerprint density at radius 1 is 1.15 bits per heavy atom. The molecule has 0 amide bonds. The maximum Gasteiger partial charge on any atom is 0.336 e. The van der Waals surface area contributed by atoms with Crippen LogP contribution in [0.25, 0.3) is 16.8 Å². The number of rotatable bonds is 4. The third-order valence-corrected chi connectivity index (χ3v) is 3.00. The first-order valence-corrected chi connectivity index (χ1v) is 6.12. The molecule has 0 fully saturated rings. The van der Waals surface area contributed by atoms with Crippen LogP contribution >= 0.6 is 0 Å². The van der Waals surface area contributed by atoms with Crippen LogP contribution in [0.3, 0.4) is 0 Å². The van der Waals surface area contributed by atoms with Gasteiger partial charge < -0.3 is 9.84 Å². The van der Waals surface area contributed by atoms with Crippen LogP contribution in [-0.4, -0.2) is 24.2 Å². The highest BCUT2D eigenvalue weighted by Gasteiger charge is 2.08. The average molecular weight is 270 g/mol. The first-order chi connectivity index (χ1) is 9.63. The van der Waals surface area contributed by atoms with Crippen LogP contribution in [0, 0.1) is 0 Å². The van der Waals surface area contributed by atoms with E-state index in [1.54, 1.807) is 36.4 Å². The number of aromatic carboxylic acids is 1. The molecule has 102 valence electrons. The lowest BCUT2D eigenvalue weighted by Gasteiger charge is -2.05. The molecule has 0 aromatic heterocycles. The fourth-order valence-corrected chi connectivity index (χ4v) is 2.03. The number of hydrogen-bond donors (Lipinski definition) is 1. The minimum absolute atomic E-state index is 0.186. The summed E-state index contributed by atoms with van der Waals surface area (Å²) >= 11 is 0. The molecule has 4 heteroatoms. The number of methoxy groups -OCH3 is 1. The Balaban J connectivity index is 2.43. The summed E-state index contributed by atoms with van der Waals surface area (Å²) in [6, 6.07) is 10.6. The van der Waals surface area contributed by atoms with Crippen LogP contribution in [0.1, 0.15) is 22.3 Å². The molecule has 20 heavy (non-hydrogen) atoms. The molecule has 2 aromatic rings. The van der Waals surface area contributed by atoms with Crippen LogP contribution in [0.15, 0.2) is 42.5 Å². The van der Waals surface area contributed by atoms with Crippen molar-refractivity contribution in [1.82, 2.24) is 0 Å². The first kappa shape index (κ1) is 13.8. The molecular formula is C16H14O4. The van der Waals surface area contributed by atoms with Gasteiger partial charge in [0.15, 0.2) is 0 Å². The van der Waals surface area contributed by atoms with Gasteiger partial charge in [0, 0.05) is 0 Å². The van der Waals surface area contributed by atoms with Crippen molar-refractivity contribution in [2.75, 3.05) is 7.11 Å². The van der Waals surface area contributed by atoms with E-state index in [2.05, 4.69) is 4.74 Å². The maximum absolute atomic E-state index is 11.2. The Labute approximate surface area is 116 Å². The third kappa shape index (κ3) is 2.85. The Morgan fingerprint density at radius 3 is 2.55 bits per heavy atom. The fourth-order valence-electron chi connectivity index (χ4n) is 2.03. The predicted molar refractivity (Wildman–Crippen MR) is 76.6 cm³/mol. The van der Waals surface area contributed by atoms with Crippen molar-refractivity contribution in [2.24, 2.45) is 0 Å². The molecule has 1 N–H and O–H groups in total. The highest BCUT2D eigenvalue weighted by atomic mass is 16.5. The van der Waals surface area contributed by atoms with Crippen molar-refractivity contribution in [3.63, 3.8) is 0 Å². The summed E-state index contributed by atoms with van der Waals surface area (Å²) in [6.07, 6.45) is 3.68. The number of hydrogen-bond acceptors (Lipinski definition) is 3. The zero-order valence-corrected chi connectivity index (χ0v) is 11.0. The number of carbonyl (C=O) groups excluding carboxylic acids is 1. The van der Waals surface area contributed by atoms with Gasteiger partial charge in [0.25, 0.3) is 0 Å². The molecule has 0 aliphatic rings. The number of benzene rings is 2. The topological polar surface area (TPSA) is 63.6 Å². The summed E-state index contributed by atoms with van der Waals surface area (Å²) in [5.41, 5.74) is 1.14. The van der Waals surface area contributed by atoms with E-state index in [1.165, 1.54) is 7.11 Å². The minimum Gasteiger partial charge on any atom is -0.478 e. The second kappa shape index (κ2) is 6.02. The summed E-state index contributed by atoms with van der Waals surface area (Å²) in [6.45, 7) is 0. The van der Waals surface area contributed by atoms with Crippen molar-refractivity contribution in [1.29, 1.82) is 0 Å². The van der Waals surface area contributed by atoms with Crippen molar-refractivity contribution < 1.29 is 19.4 Å². The van der Waals surface area contributed by atoms with Crippen LogP contribution in [-0.2, 0) is 9.53 Å². The number of ether oxygens (including phenoxy) is 1. The first-order valence-electron chi connectivity index (χ1n) is 6.12. The van der Waals surface area contributed by atoms with E-state index in [0.29, 0.717) is 5.39 Å². The highest BCUT2D eigenvalue weighted by molar-refractivity contribution is 6.05. The summed E-state index contributed by atoms with van der Waals surface area (Å²) in [5.74, 6) is -1.26. The van der Waals surface area contributed by atoms with Crippen LogP contribution in [0.2, 0.25) is 0 Å². The zero-order valence-electron chi connectivity index (χ0n) is 11.0. The number of carboxylic acids is 1. The van der Waals surface area contributed by atoms with Crippen molar-refractivity contribution in [3.8, 4) is 0 Å². The molecule has 0 unspecified atom stereocenters. The van der Waals surface area contributed by atoms with Gasteiger partial charge in [0.2, 0.25) is 0 Å². The van der Waals surface area contributed by atoms with Gasteiger partial charge in [-0.15, -0.1) is 0 Å². The SMILES string of the molecule is COC(=O)CC=Cc1cccc2c(C(=O)O)cccc12. The van der Waals surface area contributed by atoms with E-state index < -0.39 is 5.97 Å². The minimum atomic E-state index is -0.953. The maximum atomic E-state index is 11.2. The number of carboxylic acid groups (broad SMARTS) is 1. The molecule has 0 heterocycles. The Hall–Kier alpha value is -2.62. The standard InChI is InChI=1S/C16H14O4/c1-20-15(17)10-3-6-11-5-2-8-13-12(11)7-4-9-14(13)16(18)19/h2-9H,10H2,1H3,(H,18,19). The third-order valence-electron chi connectivity index (χ3n) is 3.00. The van der Waals surface area contributed by atoms with Crippen molar-refractivity contribution in [3.05, 3.63) is 53.6 Å². The summed E-state index contributed by atoms with van der Waals surface area (Å²) in [5, 5.41) is 10.7. The molecule has 0 aliphatic heterocycles. The lowest BCUT2D eigenvalue weighted by Crippen LogP contribution is -1.98. The lowest BCUT2D eigenvalue weighted by atomic mass is 9.99. The van der Waals surface area contributed by atoms with E-state index in [4.69, 9.17) is 0 Å². The van der Waals surface area contributed by atoms with Crippen molar-refractivity contribution >= 4 is 28.8 Å². The molecule has 2 rings (SSSR count). The Bertz CT molecular complexity index is 686. The van der Waals surface area contributed by atoms with Gasteiger partial charge in [-0.25, -0.2) is 4.79 Å². The number of carbonyl (C=O) groups is 2. The molecule has 0 radical (unpaired) electrons. The normalized spacial score (nSPS) is 10.8. The Morgan fingerprint density at radius 2 is 1.85 bits per heavy atom. The van der Waals surface area contributed by atoms with Crippen LogP contribution < -0.4 is 0 Å².